The second-order valence-corrected chi connectivity index (χ2v) is 5.20. The third-order valence-electron chi connectivity index (χ3n) is 3.48. The lowest BCUT2D eigenvalue weighted by Gasteiger charge is -2.26. The van der Waals surface area contributed by atoms with Crippen LogP contribution in [0.3, 0.4) is 0 Å². The molecule has 1 N–H and O–H groups in total. The molecule has 1 fully saturated rings. The standard InChI is InChI=1S/C16H18FNO3/c1-11(16(20)21)18(14-9-10-14)15(19)4-2-3-12-5-7-13(17)8-6-12/h2-3,5-8,11,14H,4,9-10H2,1H3,(H,20,21)/b3-2+. The molecular formula is C16H18FNO3. The molecular weight excluding hydrogens is 273 g/mol. The fourth-order valence-electron chi connectivity index (χ4n) is 2.18. The minimum Gasteiger partial charge on any atom is -0.480 e. The molecule has 21 heavy (non-hydrogen) atoms. The van der Waals surface area contributed by atoms with E-state index in [1.54, 1.807) is 24.3 Å². The number of hydrogen-bond acceptors (Lipinski definition) is 2. The van der Waals surface area contributed by atoms with Crippen molar-refractivity contribution in [3.63, 3.8) is 0 Å². The SMILES string of the molecule is CC(C(=O)O)N(C(=O)C/C=C/c1ccc(F)cc1)C1CC1. The van der Waals surface area contributed by atoms with Crippen molar-refractivity contribution in [3.05, 3.63) is 41.7 Å². The van der Waals surface area contributed by atoms with Crippen LogP contribution in [0.15, 0.2) is 30.3 Å². The Morgan fingerprint density at radius 1 is 1.38 bits per heavy atom. The third kappa shape index (κ3) is 4.15. The van der Waals surface area contributed by atoms with Gasteiger partial charge in [-0.3, -0.25) is 4.79 Å². The summed E-state index contributed by atoms with van der Waals surface area (Å²) in [5.41, 5.74) is 0.799. The van der Waals surface area contributed by atoms with Gasteiger partial charge in [0.15, 0.2) is 0 Å². The van der Waals surface area contributed by atoms with E-state index in [0.717, 1.165) is 18.4 Å². The van der Waals surface area contributed by atoms with Crippen molar-refractivity contribution in [3.8, 4) is 0 Å². The summed E-state index contributed by atoms with van der Waals surface area (Å²) < 4.78 is 12.8. The number of nitrogens with zero attached hydrogens (tertiary/aromatic N) is 1. The smallest absolute Gasteiger partial charge is 0.326 e. The molecule has 0 radical (unpaired) electrons. The van der Waals surface area contributed by atoms with Crippen LogP contribution in [0, 0.1) is 5.82 Å². The number of amides is 1. The Kier molecular flexibility index (Phi) is 4.73. The lowest BCUT2D eigenvalue weighted by Crippen LogP contribution is -2.44. The summed E-state index contributed by atoms with van der Waals surface area (Å²) >= 11 is 0. The van der Waals surface area contributed by atoms with E-state index in [1.165, 1.54) is 24.0 Å². The average molecular weight is 291 g/mol. The Morgan fingerprint density at radius 2 is 2.00 bits per heavy atom. The number of carbonyl (C=O) groups excluding carboxylic acids is 1. The van der Waals surface area contributed by atoms with E-state index in [2.05, 4.69) is 0 Å². The Morgan fingerprint density at radius 3 is 2.52 bits per heavy atom. The predicted octanol–water partition coefficient (Wildman–Crippen LogP) is 2.69. The van der Waals surface area contributed by atoms with Crippen LogP contribution in [0.1, 0.15) is 31.7 Å². The molecule has 2 rings (SSSR count). The fraction of sp³-hybridized carbons (Fsp3) is 0.375. The van der Waals surface area contributed by atoms with Gasteiger partial charge in [0, 0.05) is 12.5 Å². The van der Waals surface area contributed by atoms with E-state index in [4.69, 9.17) is 5.11 Å². The van der Waals surface area contributed by atoms with Crippen molar-refractivity contribution < 1.29 is 19.1 Å². The number of carbonyl (C=O) groups is 2. The lowest BCUT2D eigenvalue weighted by molar-refractivity contribution is -0.149. The zero-order valence-corrected chi connectivity index (χ0v) is 11.8. The second kappa shape index (κ2) is 6.52. The molecule has 1 aromatic rings. The maximum atomic E-state index is 12.8. The monoisotopic (exact) mass is 291 g/mol. The molecule has 0 aliphatic heterocycles. The number of benzene rings is 1. The van der Waals surface area contributed by atoms with Gasteiger partial charge in [-0.25, -0.2) is 9.18 Å². The minimum atomic E-state index is -0.988. The van der Waals surface area contributed by atoms with Gasteiger partial charge in [-0.1, -0.05) is 24.3 Å². The van der Waals surface area contributed by atoms with Gasteiger partial charge < -0.3 is 10.0 Å². The van der Waals surface area contributed by atoms with Gasteiger partial charge >= 0.3 is 5.97 Å². The first-order valence-electron chi connectivity index (χ1n) is 6.95. The highest BCUT2D eigenvalue weighted by Crippen LogP contribution is 2.29. The van der Waals surface area contributed by atoms with Crippen LogP contribution in [0.2, 0.25) is 0 Å². The molecule has 1 aromatic carbocycles. The molecule has 0 saturated heterocycles. The molecule has 4 nitrogen and oxygen atoms in total. The largest absolute Gasteiger partial charge is 0.480 e. The highest BCUT2D eigenvalue weighted by atomic mass is 19.1. The van der Waals surface area contributed by atoms with Gasteiger partial charge in [0.25, 0.3) is 0 Å². The number of hydrogen-bond donors (Lipinski definition) is 1. The summed E-state index contributed by atoms with van der Waals surface area (Å²) in [6.07, 6.45) is 5.29. The van der Waals surface area contributed by atoms with Gasteiger partial charge in [0.2, 0.25) is 5.91 Å². The van der Waals surface area contributed by atoms with Crippen LogP contribution in [0.4, 0.5) is 4.39 Å². The van der Waals surface area contributed by atoms with Crippen molar-refractivity contribution in [2.24, 2.45) is 0 Å². The first-order valence-corrected chi connectivity index (χ1v) is 6.95. The Hall–Kier alpha value is -2.17. The maximum absolute atomic E-state index is 12.8. The molecule has 1 unspecified atom stereocenters. The van der Waals surface area contributed by atoms with E-state index >= 15 is 0 Å². The van der Waals surface area contributed by atoms with Crippen LogP contribution < -0.4 is 0 Å². The Labute approximate surface area is 122 Å². The van der Waals surface area contributed by atoms with Gasteiger partial charge in [-0.2, -0.15) is 0 Å². The summed E-state index contributed by atoms with van der Waals surface area (Å²) in [5.74, 6) is -1.48. The summed E-state index contributed by atoms with van der Waals surface area (Å²) in [7, 11) is 0. The van der Waals surface area contributed by atoms with Gasteiger partial charge in [-0.15, -0.1) is 0 Å². The molecule has 1 amide bonds. The van der Waals surface area contributed by atoms with Crippen LogP contribution >= 0.6 is 0 Å². The quantitative estimate of drug-likeness (QED) is 0.876. The maximum Gasteiger partial charge on any atom is 0.326 e. The Balaban J connectivity index is 1.96. The van der Waals surface area contributed by atoms with Crippen LogP contribution in [-0.2, 0) is 9.59 Å². The first kappa shape index (κ1) is 15.2. The van der Waals surface area contributed by atoms with Crippen molar-refractivity contribution in [2.75, 3.05) is 0 Å². The van der Waals surface area contributed by atoms with Crippen molar-refractivity contribution in [1.29, 1.82) is 0 Å². The fourth-order valence-corrected chi connectivity index (χ4v) is 2.18. The van der Waals surface area contributed by atoms with E-state index in [-0.39, 0.29) is 24.2 Å². The number of halogens is 1. The van der Waals surface area contributed by atoms with Crippen LogP contribution in [0.5, 0.6) is 0 Å². The third-order valence-corrected chi connectivity index (χ3v) is 3.48. The zero-order valence-electron chi connectivity index (χ0n) is 11.8. The van der Waals surface area contributed by atoms with E-state index in [1.807, 2.05) is 0 Å². The topological polar surface area (TPSA) is 57.6 Å². The van der Waals surface area contributed by atoms with Gasteiger partial charge in [0.1, 0.15) is 11.9 Å². The van der Waals surface area contributed by atoms with Crippen molar-refractivity contribution in [1.82, 2.24) is 4.90 Å². The van der Waals surface area contributed by atoms with Gasteiger partial charge in [0.05, 0.1) is 0 Å². The number of carboxylic acids is 1. The van der Waals surface area contributed by atoms with Crippen LogP contribution in [-0.4, -0.2) is 34.0 Å². The number of aliphatic carboxylic acids is 1. The zero-order chi connectivity index (χ0) is 15.4. The number of rotatable bonds is 6. The highest BCUT2D eigenvalue weighted by molar-refractivity contribution is 5.85. The van der Waals surface area contributed by atoms with E-state index in [0.29, 0.717) is 0 Å². The van der Waals surface area contributed by atoms with Crippen LogP contribution in [0.25, 0.3) is 6.08 Å². The summed E-state index contributed by atoms with van der Waals surface area (Å²) in [6.45, 7) is 1.53. The van der Waals surface area contributed by atoms with Crippen molar-refractivity contribution in [2.45, 2.75) is 38.3 Å². The minimum absolute atomic E-state index is 0.0582. The highest BCUT2D eigenvalue weighted by Gasteiger charge is 2.37. The Bertz CT molecular complexity index is 549. The molecule has 112 valence electrons. The molecule has 1 aliphatic carbocycles. The number of carboxylic acid groups (broad SMARTS) is 1. The lowest BCUT2D eigenvalue weighted by atomic mass is 10.2. The molecule has 0 aromatic heterocycles. The summed E-state index contributed by atoms with van der Waals surface area (Å²) in [6, 6.07) is 5.20. The van der Waals surface area contributed by atoms with E-state index < -0.39 is 12.0 Å². The van der Waals surface area contributed by atoms with E-state index in [9.17, 15) is 14.0 Å². The first-order chi connectivity index (χ1) is 9.99. The molecule has 0 bridgehead atoms. The summed E-state index contributed by atoms with van der Waals surface area (Å²) in [4.78, 5) is 24.7. The second-order valence-electron chi connectivity index (χ2n) is 5.20. The molecule has 0 spiro atoms. The molecule has 5 heteroatoms. The van der Waals surface area contributed by atoms with Crippen molar-refractivity contribution >= 4 is 18.0 Å². The molecule has 0 heterocycles. The average Bonchev–Trinajstić information content (AvgIpc) is 3.25. The summed E-state index contributed by atoms with van der Waals surface area (Å²) in [5, 5.41) is 9.06. The molecule has 1 saturated carbocycles. The molecule has 1 aliphatic rings. The predicted molar refractivity (Wildman–Crippen MR) is 77.0 cm³/mol. The van der Waals surface area contributed by atoms with Gasteiger partial charge in [-0.05, 0) is 37.5 Å². The normalized spacial score (nSPS) is 15.9. The molecule has 1 atom stereocenters.